The summed E-state index contributed by atoms with van der Waals surface area (Å²) in [6, 6.07) is 7.30. The summed E-state index contributed by atoms with van der Waals surface area (Å²) in [5.41, 5.74) is 1.37. The number of rotatable bonds is 11. The molecule has 2 heteroatoms. The molecule has 0 aliphatic carbocycles. The third kappa shape index (κ3) is 6.92. The second kappa shape index (κ2) is 10.3. The Morgan fingerprint density at radius 1 is 0.762 bits per heavy atom. The van der Waals surface area contributed by atoms with Crippen molar-refractivity contribution in [3.05, 3.63) is 35.6 Å². The van der Waals surface area contributed by atoms with Gasteiger partial charge in [0.05, 0.1) is 0 Å². The topological polar surface area (TPSA) is 0 Å². The second-order valence-electron chi connectivity index (χ2n) is 6.61. The number of halogens is 1. The SMILES string of the molecule is CCCC[PH](CCCC)(CCCC)Cc1ccc(F)cc1. The molecule has 0 radical (unpaired) electrons. The first-order chi connectivity index (χ1) is 10.2. The predicted molar refractivity (Wildman–Crippen MR) is 97.7 cm³/mol. The fourth-order valence-corrected chi connectivity index (χ4v) is 9.02. The van der Waals surface area contributed by atoms with Gasteiger partial charge in [-0.05, 0) is 0 Å². The Hall–Kier alpha value is -0.420. The number of unbranched alkanes of at least 4 members (excludes halogenated alkanes) is 3. The zero-order chi connectivity index (χ0) is 15.6. The molecule has 0 spiro atoms. The van der Waals surface area contributed by atoms with Crippen molar-refractivity contribution in [3.8, 4) is 0 Å². The summed E-state index contributed by atoms with van der Waals surface area (Å²) in [6.07, 6.45) is 13.7. The molecule has 0 unspecified atom stereocenters. The summed E-state index contributed by atoms with van der Waals surface area (Å²) in [6.45, 7) is 6.91. The fourth-order valence-electron chi connectivity index (χ4n) is 3.33. The maximum atomic E-state index is 13.1. The van der Waals surface area contributed by atoms with E-state index in [-0.39, 0.29) is 5.82 Å². The molecule has 0 saturated heterocycles. The van der Waals surface area contributed by atoms with Crippen LogP contribution in [0, 0.1) is 5.82 Å². The van der Waals surface area contributed by atoms with E-state index in [1.54, 1.807) is 12.1 Å². The van der Waals surface area contributed by atoms with Crippen LogP contribution in [0.1, 0.15) is 64.9 Å². The molecule has 0 aliphatic heterocycles. The van der Waals surface area contributed by atoms with Crippen LogP contribution in [0.4, 0.5) is 4.39 Å². The molecule has 0 N–H and O–H groups in total. The van der Waals surface area contributed by atoms with Crippen LogP contribution >= 0.6 is 7.26 Å². The van der Waals surface area contributed by atoms with E-state index in [1.165, 1.54) is 68.7 Å². The van der Waals surface area contributed by atoms with Crippen LogP contribution in [0.5, 0.6) is 0 Å². The van der Waals surface area contributed by atoms with Crippen molar-refractivity contribution in [3.63, 3.8) is 0 Å². The molecule has 0 bridgehead atoms. The Bertz CT molecular complexity index is 350. The zero-order valence-corrected chi connectivity index (χ0v) is 15.3. The van der Waals surface area contributed by atoms with Gasteiger partial charge in [-0.1, -0.05) is 0 Å². The molecular formula is C19H34FP. The van der Waals surface area contributed by atoms with Gasteiger partial charge in [0.25, 0.3) is 0 Å². The third-order valence-corrected chi connectivity index (χ3v) is 10.1. The molecule has 0 atom stereocenters. The van der Waals surface area contributed by atoms with E-state index in [2.05, 4.69) is 20.8 Å². The summed E-state index contributed by atoms with van der Waals surface area (Å²) >= 11 is 0. The molecule has 21 heavy (non-hydrogen) atoms. The Morgan fingerprint density at radius 2 is 1.19 bits per heavy atom. The Kier molecular flexibility index (Phi) is 9.16. The number of benzene rings is 1. The van der Waals surface area contributed by atoms with E-state index in [0.717, 1.165) is 0 Å². The van der Waals surface area contributed by atoms with Gasteiger partial charge in [0, 0.05) is 0 Å². The van der Waals surface area contributed by atoms with Crippen molar-refractivity contribution >= 4 is 7.26 Å². The van der Waals surface area contributed by atoms with Crippen LogP contribution in [0.2, 0.25) is 0 Å². The van der Waals surface area contributed by atoms with Crippen LogP contribution in [0.25, 0.3) is 0 Å². The van der Waals surface area contributed by atoms with E-state index in [9.17, 15) is 4.39 Å². The summed E-state index contributed by atoms with van der Waals surface area (Å²) < 4.78 is 13.1. The molecule has 0 amide bonds. The van der Waals surface area contributed by atoms with Crippen LogP contribution in [-0.2, 0) is 6.16 Å². The van der Waals surface area contributed by atoms with Crippen molar-refractivity contribution in [1.29, 1.82) is 0 Å². The minimum absolute atomic E-state index is 0.110. The molecule has 1 aromatic carbocycles. The number of hydrogen-bond donors (Lipinski definition) is 0. The standard InChI is InChI=1S/C19H34FP/c1-4-7-14-21(15-8-5-2,16-9-6-3)17-18-10-12-19(20)13-11-18/h10-13,21H,4-9,14-17H2,1-3H3. The van der Waals surface area contributed by atoms with Crippen LogP contribution in [-0.4, -0.2) is 18.5 Å². The van der Waals surface area contributed by atoms with Crippen molar-refractivity contribution in [1.82, 2.24) is 0 Å². The first-order valence-electron chi connectivity index (χ1n) is 8.90. The zero-order valence-electron chi connectivity index (χ0n) is 14.3. The summed E-state index contributed by atoms with van der Waals surface area (Å²) in [5.74, 6) is -0.110. The van der Waals surface area contributed by atoms with Gasteiger partial charge >= 0.3 is 131 Å². The van der Waals surface area contributed by atoms with E-state index in [0.29, 0.717) is 0 Å². The van der Waals surface area contributed by atoms with Crippen molar-refractivity contribution < 1.29 is 4.39 Å². The Labute approximate surface area is 131 Å². The maximum absolute atomic E-state index is 13.1. The van der Waals surface area contributed by atoms with Gasteiger partial charge < -0.3 is 0 Å². The average Bonchev–Trinajstić information content (AvgIpc) is 2.51. The average molecular weight is 312 g/mol. The quantitative estimate of drug-likeness (QED) is 0.410. The molecule has 122 valence electrons. The van der Waals surface area contributed by atoms with Gasteiger partial charge in [0.15, 0.2) is 0 Å². The Morgan fingerprint density at radius 3 is 1.57 bits per heavy atom. The van der Waals surface area contributed by atoms with Crippen LogP contribution < -0.4 is 0 Å². The Balaban J connectivity index is 2.85. The van der Waals surface area contributed by atoms with E-state index in [1.807, 2.05) is 12.1 Å². The van der Waals surface area contributed by atoms with E-state index < -0.39 is 7.26 Å². The van der Waals surface area contributed by atoms with Crippen LogP contribution in [0.3, 0.4) is 0 Å². The van der Waals surface area contributed by atoms with Gasteiger partial charge in [-0.3, -0.25) is 0 Å². The molecule has 1 rings (SSSR count). The molecule has 0 aliphatic rings. The van der Waals surface area contributed by atoms with Gasteiger partial charge in [-0.2, -0.15) is 0 Å². The molecule has 1 aromatic rings. The molecule has 0 aromatic heterocycles. The van der Waals surface area contributed by atoms with Crippen molar-refractivity contribution in [2.45, 2.75) is 65.5 Å². The monoisotopic (exact) mass is 312 g/mol. The summed E-state index contributed by atoms with van der Waals surface area (Å²) in [4.78, 5) is 0. The van der Waals surface area contributed by atoms with E-state index in [4.69, 9.17) is 0 Å². The molecule has 0 saturated carbocycles. The molecule has 0 nitrogen and oxygen atoms in total. The van der Waals surface area contributed by atoms with Gasteiger partial charge in [-0.25, -0.2) is 0 Å². The van der Waals surface area contributed by atoms with Gasteiger partial charge in [0.2, 0.25) is 0 Å². The number of hydrogen-bond acceptors (Lipinski definition) is 0. The first kappa shape index (κ1) is 18.6. The predicted octanol–water partition coefficient (Wildman–Crippen LogP) is 6.48. The second-order valence-corrected chi connectivity index (χ2v) is 11.5. The van der Waals surface area contributed by atoms with Crippen molar-refractivity contribution in [2.75, 3.05) is 18.5 Å². The van der Waals surface area contributed by atoms with Gasteiger partial charge in [-0.15, -0.1) is 0 Å². The normalized spacial score (nSPS) is 12.6. The molecule has 0 heterocycles. The summed E-state index contributed by atoms with van der Waals surface area (Å²) in [5, 5.41) is 0. The molecule has 0 fully saturated rings. The summed E-state index contributed by atoms with van der Waals surface area (Å²) in [7, 11) is -1.24. The molecular weight excluding hydrogens is 278 g/mol. The van der Waals surface area contributed by atoms with Gasteiger partial charge in [0.1, 0.15) is 0 Å². The van der Waals surface area contributed by atoms with Crippen LogP contribution in [0.15, 0.2) is 24.3 Å². The minimum atomic E-state index is -1.24. The van der Waals surface area contributed by atoms with E-state index >= 15 is 0 Å². The fraction of sp³-hybridized carbons (Fsp3) is 0.684. The third-order valence-electron chi connectivity index (χ3n) is 4.67. The van der Waals surface area contributed by atoms with Crippen molar-refractivity contribution in [2.24, 2.45) is 0 Å². The first-order valence-corrected chi connectivity index (χ1v) is 11.7.